The van der Waals surface area contributed by atoms with Crippen LogP contribution in [-0.4, -0.2) is 18.1 Å². The zero-order valence-corrected chi connectivity index (χ0v) is 8.14. The molecule has 76 valence electrons. The third-order valence-electron chi connectivity index (χ3n) is 1.97. The van der Waals surface area contributed by atoms with Crippen molar-refractivity contribution < 1.29 is 13.9 Å². The number of rotatable bonds is 2. The van der Waals surface area contributed by atoms with Gasteiger partial charge in [0, 0.05) is 6.20 Å². The molecule has 0 spiro atoms. The Bertz CT molecular complexity index is 462. The number of aromatic nitrogens is 1. The van der Waals surface area contributed by atoms with Gasteiger partial charge in [-0.25, -0.2) is 4.79 Å². The highest BCUT2D eigenvalue weighted by atomic mass is 16.5. The SMILES string of the molecule is COC(=O)c1ccoc1-c1ccccn1. The summed E-state index contributed by atoms with van der Waals surface area (Å²) >= 11 is 0. The highest BCUT2D eigenvalue weighted by molar-refractivity contribution is 5.95. The highest BCUT2D eigenvalue weighted by Crippen LogP contribution is 2.23. The van der Waals surface area contributed by atoms with Crippen LogP contribution in [0.2, 0.25) is 0 Å². The van der Waals surface area contributed by atoms with E-state index in [1.165, 1.54) is 13.4 Å². The van der Waals surface area contributed by atoms with Gasteiger partial charge in [0.2, 0.25) is 0 Å². The average Bonchev–Trinajstić information content (AvgIpc) is 2.78. The Morgan fingerprint density at radius 3 is 2.93 bits per heavy atom. The molecule has 15 heavy (non-hydrogen) atoms. The molecule has 0 N–H and O–H groups in total. The largest absolute Gasteiger partial charge is 0.465 e. The van der Waals surface area contributed by atoms with Crippen LogP contribution in [0.4, 0.5) is 0 Å². The molecule has 0 fully saturated rings. The number of carbonyl (C=O) groups excluding carboxylic acids is 1. The summed E-state index contributed by atoms with van der Waals surface area (Å²) in [5.74, 6) is 0.00635. The number of hydrogen-bond donors (Lipinski definition) is 0. The minimum Gasteiger partial charge on any atom is -0.465 e. The van der Waals surface area contributed by atoms with E-state index in [2.05, 4.69) is 9.72 Å². The first-order valence-corrected chi connectivity index (χ1v) is 4.40. The summed E-state index contributed by atoms with van der Waals surface area (Å²) in [5.41, 5.74) is 0.999. The molecule has 0 aliphatic heterocycles. The topological polar surface area (TPSA) is 52.3 Å². The molecule has 2 rings (SSSR count). The first-order chi connectivity index (χ1) is 7.33. The van der Waals surface area contributed by atoms with Crippen LogP contribution in [0.5, 0.6) is 0 Å². The molecule has 0 aromatic carbocycles. The van der Waals surface area contributed by atoms with Gasteiger partial charge in [-0.1, -0.05) is 6.07 Å². The van der Waals surface area contributed by atoms with E-state index < -0.39 is 5.97 Å². The van der Waals surface area contributed by atoms with Gasteiger partial charge in [0.1, 0.15) is 11.3 Å². The van der Waals surface area contributed by atoms with Crippen LogP contribution in [0.25, 0.3) is 11.5 Å². The van der Waals surface area contributed by atoms with Crippen molar-refractivity contribution in [3.8, 4) is 11.5 Å². The van der Waals surface area contributed by atoms with Gasteiger partial charge in [-0.05, 0) is 18.2 Å². The summed E-state index contributed by atoms with van der Waals surface area (Å²) in [7, 11) is 1.33. The van der Waals surface area contributed by atoms with E-state index in [0.29, 0.717) is 17.0 Å². The number of esters is 1. The zero-order valence-electron chi connectivity index (χ0n) is 8.14. The molecule has 0 aliphatic rings. The molecule has 0 aliphatic carbocycles. The maximum atomic E-state index is 11.4. The van der Waals surface area contributed by atoms with Crippen LogP contribution in [0, 0.1) is 0 Å². The zero-order chi connectivity index (χ0) is 10.7. The molecule has 2 heterocycles. The summed E-state index contributed by atoms with van der Waals surface area (Å²) in [6.07, 6.45) is 3.08. The molecule has 0 radical (unpaired) electrons. The van der Waals surface area contributed by atoms with Gasteiger partial charge in [0.25, 0.3) is 0 Å². The molecular formula is C11H9NO3. The standard InChI is InChI=1S/C11H9NO3/c1-14-11(13)8-5-7-15-10(8)9-4-2-3-6-12-9/h2-7H,1H3. The molecule has 0 bridgehead atoms. The smallest absolute Gasteiger partial charge is 0.341 e. The first kappa shape index (κ1) is 9.45. The first-order valence-electron chi connectivity index (χ1n) is 4.40. The number of ether oxygens (including phenoxy) is 1. The lowest BCUT2D eigenvalue weighted by Crippen LogP contribution is -2.01. The van der Waals surface area contributed by atoms with Gasteiger partial charge >= 0.3 is 5.97 Å². The molecule has 0 saturated carbocycles. The van der Waals surface area contributed by atoms with Crippen LogP contribution < -0.4 is 0 Å². The van der Waals surface area contributed by atoms with Crippen LogP contribution in [0.1, 0.15) is 10.4 Å². The van der Waals surface area contributed by atoms with Crippen molar-refractivity contribution in [1.29, 1.82) is 0 Å². The van der Waals surface area contributed by atoms with Crippen molar-refractivity contribution in [1.82, 2.24) is 4.98 Å². The van der Waals surface area contributed by atoms with E-state index in [1.54, 1.807) is 24.4 Å². The molecule has 0 unspecified atom stereocenters. The highest BCUT2D eigenvalue weighted by Gasteiger charge is 2.16. The lowest BCUT2D eigenvalue weighted by molar-refractivity contribution is 0.0601. The number of carbonyl (C=O) groups is 1. The molecule has 0 atom stereocenters. The summed E-state index contributed by atoms with van der Waals surface area (Å²) in [4.78, 5) is 15.5. The van der Waals surface area contributed by atoms with Crippen molar-refractivity contribution in [3.05, 3.63) is 42.3 Å². The van der Waals surface area contributed by atoms with Crippen molar-refractivity contribution >= 4 is 5.97 Å². The van der Waals surface area contributed by atoms with Gasteiger partial charge in [-0.3, -0.25) is 4.98 Å². The summed E-state index contributed by atoms with van der Waals surface area (Å²) in [5, 5.41) is 0. The monoisotopic (exact) mass is 203 g/mol. The quantitative estimate of drug-likeness (QED) is 0.701. The van der Waals surface area contributed by atoms with Gasteiger partial charge in [0.05, 0.1) is 13.4 Å². The lowest BCUT2D eigenvalue weighted by atomic mass is 10.2. The van der Waals surface area contributed by atoms with E-state index in [1.807, 2.05) is 6.07 Å². The number of furan rings is 1. The molecule has 4 heteroatoms. The average molecular weight is 203 g/mol. The second kappa shape index (κ2) is 3.96. The molecule has 2 aromatic heterocycles. The third kappa shape index (κ3) is 1.74. The fourth-order valence-corrected chi connectivity index (χ4v) is 1.28. The number of hydrogen-bond acceptors (Lipinski definition) is 4. The Labute approximate surface area is 86.5 Å². The maximum absolute atomic E-state index is 11.4. The Kier molecular flexibility index (Phi) is 2.49. The summed E-state index contributed by atoms with van der Waals surface area (Å²) < 4.78 is 9.84. The Morgan fingerprint density at radius 2 is 2.27 bits per heavy atom. The second-order valence-corrected chi connectivity index (χ2v) is 2.87. The van der Waals surface area contributed by atoms with Crippen molar-refractivity contribution in [2.75, 3.05) is 7.11 Å². The minimum absolute atomic E-state index is 0.385. The number of methoxy groups -OCH3 is 1. The number of nitrogens with zero attached hydrogens (tertiary/aromatic N) is 1. The number of pyridine rings is 1. The third-order valence-corrected chi connectivity index (χ3v) is 1.97. The van der Waals surface area contributed by atoms with E-state index in [-0.39, 0.29) is 0 Å². The fraction of sp³-hybridized carbons (Fsp3) is 0.0909. The van der Waals surface area contributed by atoms with Crippen molar-refractivity contribution in [3.63, 3.8) is 0 Å². The summed E-state index contributed by atoms with van der Waals surface area (Å²) in [6, 6.07) is 6.96. The fourth-order valence-electron chi connectivity index (χ4n) is 1.28. The predicted molar refractivity (Wildman–Crippen MR) is 53.3 cm³/mol. The molecule has 0 amide bonds. The molecule has 0 saturated heterocycles. The van der Waals surface area contributed by atoms with E-state index >= 15 is 0 Å². The maximum Gasteiger partial charge on any atom is 0.341 e. The Morgan fingerprint density at radius 1 is 1.40 bits per heavy atom. The van der Waals surface area contributed by atoms with Gasteiger partial charge < -0.3 is 9.15 Å². The molecule has 2 aromatic rings. The Balaban J connectivity index is 2.46. The van der Waals surface area contributed by atoms with Gasteiger partial charge in [0.15, 0.2) is 5.76 Å². The van der Waals surface area contributed by atoms with E-state index in [0.717, 1.165) is 0 Å². The van der Waals surface area contributed by atoms with E-state index in [4.69, 9.17) is 4.42 Å². The van der Waals surface area contributed by atoms with Crippen LogP contribution in [-0.2, 0) is 4.74 Å². The molecule has 4 nitrogen and oxygen atoms in total. The molecular weight excluding hydrogens is 194 g/mol. The Hall–Kier alpha value is -2.10. The van der Waals surface area contributed by atoms with Crippen molar-refractivity contribution in [2.45, 2.75) is 0 Å². The second-order valence-electron chi connectivity index (χ2n) is 2.87. The van der Waals surface area contributed by atoms with Gasteiger partial charge in [-0.15, -0.1) is 0 Å². The minimum atomic E-state index is -0.426. The van der Waals surface area contributed by atoms with Crippen molar-refractivity contribution in [2.24, 2.45) is 0 Å². The van der Waals surface area contributed by atoms with Crippen LogP contribution in [0.3, 0.4) is 0 Å². The predicted octanol–water partition coefficient (Wildman–Crippen LogP) is 2.13. The van der Waals surface area contributed by atoms with Crippen LogP contribution >= 0.6 is 0 Å². The normalized spacial score (nSPS) is 9.93. The lowest BCUT2D eigenvalue weighted by Gasteiger charge is -1.99. The van der Waals surface area contributed by atoms with E-state index in [9.17, 15) is 4.79 Å². The summed E-state index contributed by atoms with van der Waals surface area (Å²) in [6.45, 7) is 0. The van der Waals surface area contributed by atoms with Gasteiger partial charge in [-0.2, -0.15) is 0 Å². The van der Waals surface area contributed by atoms with Crippen LogP contribution in [0.15, 0.2) is 41.1 Å².